The van der Waals surface area contributed by atoms with Gasteiger partial charge in [-0.3, -0.25) is 0 Å². The van der Waals surface area contributed by atoms with Crippen molar-refractivity contribution in [2.45, 2.75) is 11.7 Å². The van der Waals surface area contributed by atoms with Gasteiger partial charge in [0.15, 0.2) is 11.6 Å². The first kappa shape index (κ1) is 12.6. The number of allylic oxidation sites excluding steroid dienone is 1. The number of nitrogen functional groups attached to an aromatic ring is 1. The summed E-state index contributed by atoms with van der Waals surface area (Å²) < 4.78 is 18.6. The molecule has 1 aliphatic heterocycles. The van der Waals surface area contributed by atoms with Gasteiger partial charge in [0.25, 0.3) is 0 Å². The van der Waals surface area contributed by atoms with E-state index in [2.05, 4.69) is 12.2 Å². The maximum absolute atomic E-state index is 13.7. The second-order valence-corrected chi connectivity index (χ2v) is 5.35. The van der Waals surface area contributed by atoms with Crippen molar-refractivity contribution in [3.05, 3.63) is 34.6 Å². The molecule has 0 saturated heterocycles. The number of rotatable bonds is 2. The van der Waals surface area contributed by atoms with Crippen molar-refractivity contribution in [1.29, 1.82) is 0 Å². The van der Waals surface area contributed by atoms with Crippen LogP contribution in [0.4, 0.5) is 10.1 Å². The summed E-state index contributed by atoms with van der Waals surface area (Å²) in [4.78, 5) is 0. The van der Waals surface area contributed by atoms with Gasteiger partial charge in [0.1, 0.15) is 0 Å². The zero-order valence-corrected chi connectivity index (χ0v) is 10.9. The summed E-state index contributed by atoms with van der Waals surface area (Å²) in [6, 6.07) is 1.59. The molecule has 1 aliphatic rings. The van der Waals surface area contributed by atoms with Gasteiger partial charge < -0.3 is 10.5 Å². The molecular weight excluding hydrogens is 261 g/mol. The fourth-order valence-electron chi connectivity index (χ4n) is 1.77. The molecule has 0 amide bonds. The molecule has 5 heteroatoms. The minimum absolute atomic E-state index is 0.0289. The molecule has 2 N–H and O–H groups in total. The molecule has 2 nitrogen and oxygen atoms in total. The first-order valence-corrected chi connectivity index (χ1v) is 6.67. The highest BCUT2D eigenvalue weighted by Crippen LogP contribution is 2.43. The summed E-state index contributed by atoms with van der Waals surface area (Å²) in [6.07, 6.45) is 5.21. The van der Waals surface area contributed by atoms with E-state index < -0.39 is 5.82 Å². The number of halogens is 2. The zero-order chi connectivity index (χ0) is 12.4. The predicted molar refractivity (Wildman–Crippen MR) is 71.3 cm³/mol. The molecule has 1 aromatic carbocycles. The second-order valence-electron chi connectivity index (χ2n) is 3.72. The van der Waals surface area contributed by atoms with E-state index in [9.17, 15) is 4.39 Å². The molecular formula is C12H13ClFNOS. The Morgan fingerprint density at radius 1 is 1.59 bits per heavy atom. The largest absolute Gasteiger partial charge is 0.492 e. The van der Waals surface area contributed by atoms with Crippen LogP contribution in [0.15, 0.2) is 18.2 Å². The molecule has 1 heterocycles. The van der Waals surface area contributed by atoms with Gasteiger partial charge in [-0.1, -0.05) is 23.8 Å². The minimum Gasteiger partial charge on any atom is -0.492 e. The third kappa shape index (κ3) is 2.38. The van der Waals surface area contributed by atoms with Crippen molar-refractivity contribution in [2.24, 2.45) is 0 Å². The monoisotopic (exact) mass is 273 g/mol. The Hall–Kier alpha value is -0.870. The van der Waals surface area contributed by atoms with Crippen LogP contribution < -0.4 is 10.5 Å². The smallest absolute Gasteiger partial charge is 0.189 e. The van der Waals surface area contributed by atoms with Crippen LogP contribution in [-0.2, 0) is 0 Å². The van der Waals surface area contributed by atoms with Crippen LogP contribution in [0, 0.1) is 5.82 Å². The van der Waals surface area contributed by atoms with Gasteiger partial charge in [-0.2, -0.15) is 0 Å². The van der Waals surface area contributed by atoms with Crippen molar-refractivity contribution >= 4 is 29.1 Å². The van der Waals surface area contributed by atoms with Crippen LogP contribution in [0.5, 0.6) is 5.75 Å². The molecule has 1 aromatic rings. The Labute approximate surface area is 109 Å². The standard InChI is InChI=1S/C12H13ClFNOS/c1-16-12-10(13)7(6-8(15)11(12)14)9-4-2-3-5-17-9/h2,4,6,9H,3,5,15H2,1H3. The van der Waals surface area contributed by atoms with E-state index in [1.54, 1.807) is 17.8 Å². The van der Waals surface area contributed by atoms with E-state index in [4.69, 9.17) is 22.1 Å². The number of methoxy groups -OCH3 is 1. The van der Waals surface area contributed by atoms with Crippen LogP contribution >= 0.6 is 23.4 Å². The summed E-state index contributed by atoms with van der Waals surface area (Å²) in [5.74, 6) is 0.462. The topological polar surface area (TPSA) is 35.2 Å². The fraction of sp³-hybridized carbons (Fsp3) is 0.333. The Morgan fingerprint density at radius 2 is 2.35 bits per heavy atom. The molecule has 92 valence electrons. The van der Waals surface area contributed by atoms with Crippen molar-refractivity contribution < 1.29 is 9.13 Å². The van der Waals surface area contributed by atoms with E-state index in [0.717, 1.165) is 17.7 Å². The highest BCUT2D eigenvalue weighted by molar-refractivity contribution is 7.99. The van der Waals surface area contributed by atoms with Gasteiger partial charge in [0.05, 0.1) is 17.8 Å². The molecule has 1 atom stereocenters. The Morgan fingerprint density at radius 3 is 2.94 bits per heavy atom. The molecule has 0 radical (unpaired) electrons. The van der Waals surface area contributed by atoms with Crippen LogP contribution in [0.3, 0.4) is 0 Å². The van der Waals surface area contributed by atoms with Gasteiger partial charge >= 0.3 is 0 Å². The molecule has 0 fully saturated rings. The van der Waals surface area contributed by atoms with Crippen LogP contribution in [0.2, 0.25) is 5.02 Å². The normalized spacial score (nSPS) is 19.4. The molecule has 0 aliphatic carbocycles. The molecule has 0 saturated carbocycles. The Balaban J connectivity index is 2.50. The molecule has 2 rings (SSSR count). The van der Waals surface area contributed by atoms with Gasteiger partial charge in [0, 0.05) is 5.25 Å². The molecule has 0 spiro atoms. The van der Waals surface area contributed by atoms with E-state index in [1.807, 2.05) is 0 Å². The molecule has 0 bridgehead atoms. The van der Waals surface area contributed by atoms with E-state index >= 15 is 0 Å². The van der Waals surface area contributed by atoms with E-state index in [-0.39, 0.29) is 16.7 Å². The Kier molecular flexibility index (Phi) is 3.84. The van der Waals surface area contributed by atoms with E-state index in [0.29, 0.717) is 5.02 Å². The number of nitrogens with two attached hydrogens (primary N) is 1. The number of hydrogen-bond donors (Lipinski definition) is 1. The van der Waals surface area contributed by atoms with Crippen LogP contribution in [-0.4, -0.2) is 12.9 Å². The van der Waals surface area contributed by atoms with Crippen molar-refractivity contribution in [1.82, 2.24) is 0 Å². The predicted octanol–water partition coefficient (Wildman–Crippen LogP) is 3.80. The molecule has 17 heavy (non-hydrogen) atoms. The lowest BCUT2D eigenvalue weighted by Gasteiger charge is -2.20. The maximum Gasteiger partial charge on any atom is 0.189 e. The lowest BCUT2D eigenvalue weighted by atomic mass is 10.1. The zero-order valence-electron chi connectivity index (χ0n) is 9.37. The summed E-state index contributed by atoms with van der Waals surface area (Å²) in [7, 11) is 1.39. The third-order valence-corrected chi connectivity index (χ3v) is 4.25. The number of ether oxygens (including phenoxy) is 1. The lowest BCUT2D eigenvalue weighted by Crippen LogP contribution is -2.03. The van der Waals surface area contributed by atoms with Crippen LogP contribution in [0.1, 0.15) is 17.2 Å². The highest BCUT2D eigenvalue weighted by atomic mass is 35.5. The second kappa shape index (κ2) is 5.19. The summed E-state index contributed by atoms with van der Waals surface area (Å²) in [6.45, 7) is 0. The minimum atomic E-state index is -0.592. The Bertz CT molecular complexity index is 464. The van der Waals surface area contributed by atoms with Gasteiger partial charge in [0.2, 0.25) is 0 Å². The maximum atomic E-state index is 13.7. The van der Waals surface area contributed by atoms with Gasteiger partial charge in [-0.05, 0) is 23.8 Å². The van der Waals surface area contributed by atoms with Crippen molar-refractivity contribution in [2.75, 3.05) is 18.6 Å². The average Bonchev–Trinajstić information content (AvgIpc) is 2.36. The van der Waals surface area contributed by atoms with Gasteiger partial charge in [-0.15, -0.1) is 11.8 Å². The average molecular weight is 274 g/mol. The van der Waals surface area contributed by atoms with E-state index in [1.165, 1.54) is 7.11 Å². The SMILES string of the molecule is COc1c(F)c(N)cc(C2C=CCCS2)c1Cl. The molecule has 1 unspecified atom stereocenters. The number of anilines is 1. The first-order chi connectivity index (χ1) is 8.15. The number of thioether (sulfide) groups is 1. The number of hydrogen-bond acceptors (Lipinski definition) is 3. The fourth-order valence-corrected chi connectivity index (χ4v) is 3.28. The summed E-state index contributed by atoms with van der Waals surface area (Å²) in [5.41, 5.74) is 6.50. The van der Waals surface area contributed by atoms with Crippen molar-refractivity contribution in [3.8, 4) is 5.75 Å². The summed E-state index contributed by atoms with van der Waals surface area (Å²) in [5, 5.41) is 0.427. The highest BCUT2D eigenvalue weighted by Gasteiger charge is 2.22. The molecule has 0 aromatic heterocycles. The third-order valence-electron chi connectivity index (χ3n) is 2.62. The summed E-state index contributed by atoms with van der Waals surface area (Å²) >= 11 is 7.91. The quantitative estimate of drug-likeness (QED) is 0.657. The first-order valence-electron chi connectivity index (χ1n) is 5.24. The van der Waals surface area contributed by atoms with Crippen LogP contribution in [0.25, 0.3) is 0 Å². The van der Waals surface area contributed by atoms with Crippen molar-refractivity contribution in [3.63, 3.8) is 0 Å². The van der Waals surface area contributed by atoms with Gasteiger partial charge in [-0.25, -0.2) is 4.39 Å². The number of benzene rings is 1. The lowest BCUT2D eigenvalue weighted by molar-refractivity contribution is 0.387.